The van der Waals surface area contributed by atoms with Gasteiger partial charge in [0.2, 0.25) is 5.95 Å². The molecule has 8 heteroatoms. The predicted molar refractivity (Wildman–Crippen MR) is 138 cm³/mol. The normalized spacial score (nSPS) is 10.4. The summed E-state index contributed by atoms with van der Waals surface area (Å²) in [5.41, 5.74) is 3.74. The van der Waals surface area contributed by atoms with Gasteiger partial charge in [-0.2, -0.15) is 4.98 Å². The van der Waals surface area contributed by atoms with Crippen molar-refractivity contribution in [1.82, 2.24) is 9.97 Å². The molecule has 0 atom stereocenters. The van der Waals surface area contributed by atoms with Crippen LogP contribution in [0.25, 0.3) is 0 Å². The predicted octanol–water partition coefficient (Wildman–Crippen LogP) is 5.93. The van der Waals surface area contributed by atoms with E-state index in [2.05, 4.69) is 25.9 Å². The largest absolute Gasteiger partial charge is 0.497 e. The fourth-order valence-corrected chi connectivity index (χ4v) is 3.35. The monoisotopic (exact) mass is 469 g/mol. The molecular formula is C27H27N5O3. The third-order valence-electron chi connectivity index (χ3n) is 5.04. The highest BCUT2D eigenvalue weighted by Gasteiger charge is 2.08. The van der Waals surface area contributed by atoms with Crippen molar-refractivity contribution < 1.29 is 14.3 Å². The third kappa shape index (κ3) is 6.48. The van der Waals surface area contributed by atoms with E-state index in [9.17, 15) is 4.79 Å². The van der Waals surface area contributed by atoms with E-state index in [1.807, 2.05) is 68.4 Å². The number of rotatable bonds is 9. The number of carbonyl (C=O) groups is 1. The van der Waals surface area contributed by atoms with Crippen LogP contribution in [0, 0.1) is 6.92 Å². The second-order valence-corrected chi connectivity index (χ2v) is 7.69. The van der Waals surface area contributed by atoms with Crippen LogP contribution < -0.4 is 25.4 Å². The summed E-state index contributed by atoms with van der Waals surface area (Å²) >= 11 is 0. The molecule has 0 unspecified atom stereocenters. The van der Waals surface area contributed by atoms with Crippen LogP contribution in [0.5, 0.6) is 11.5 Å². The maximum Gasteiger partial charge on any atom is 0.255 e. The van der Waals surface area contributed by atoms with Crippen molar-refractivity contribution in [2.24, 2.45) is 0 Å². The molecule has 0 fully saturated rings. The molecule has 0 aliphatic rings. The zero-order valence-corrected chi connectivity index (χ0v) is 19.8. The molecule has 0 bridgehead atoms. The number of carbonyl (C=O) groups excluding carboxylic acids is 1. The van der Waals surface area contributed by atoms with Gasteiger partial charge >= 0.3 is 0 Å². The first-order chi connectivity index (χ1) is 17.0. The lowest BCUT2D eigenvalue weighted by atomic mass is 10.2. The summed E-state index contributed by atoms with van der Waals surface area (Å²) in [4.78, 5) is 21.5. The molecule has 0 aliphatic heterocycles. The van der Waals surface area contributed by atoms with Crippen LogP contribution in [0.3, 0.4) is 0 Å². The second kappa shape index (κ2) is 11.0. The first kappa shape index (κ1) is 23.6. The molecule has 1 aromatic heterocycles. The van der Waals surface area contributed by atoms with E-state index in [1.165, 1.54) is 0 Å². The van der Waals surface area contributed by atoms with Crippen molar-refractivity contribution in [2.75, 3.05) is 29.7 Å². The van der Waals surface area contributed by atoms with Gasteiger partial charge in [0, 0.05) is 34.4 Å². The minimum Gasteiger partial charge on any atom is -0.497 e. The van der Waals surface area contributed by atoms with Crippen molar-refractivity contribution in [1.29, 1.82) is 0 Å². The molecule has 4 rings (SSSR count). The number of benzene rings is 3. The van der Waals surface area contributed by atoms with Gasteiger partial charge in [-0.05, 0) is 86.6 Å². The molecule has 0 spiro atoms. The van der Waals surface area contributed by atoms with Crippen LogP contribution in [0.2, 0.25) is 0 Å². The number of anilines is 5. The lowest BCUT2D eigenvalue weighted by molar-refractivity contribution is 0.102. The van der Waals surface area contributed by atoms with Gasteiger partial charge in [-0.3, -0.25) is 4.79 Å². The van der Waals surface area contributed by atoms with Crippen molar-refractivity contribution in [2.45, 2.75) is 13.8 Å². The lowest BCUT2D eigenvalue weighted by Gasteiger charge is -2.11. The van der Waals surface area contributed by atoms with Crippen molar-refractivity contribution in [3.05, 3.63) is 90.1 Å². The molecular weight excluding hydrogens is 442 g/mol. The van der Waals surface area contributed by atoms with Gasteiger partial charge < -0.3 is 25.4 Å². The molecule has 3 N–H and O–H groups in total. The molecule has 178 valence electrons. The maximum absolute atomic E-state index is 12.5. The van der Waals surface area contributed by atoms with Crippen LogP contribution >= 0.6 is 0 Å². The smallest absolute Gasteiger partial charge is 0.255 e. The Kier molecular flexibility index (Phi) is 7.42. The Labute approximate surface area is 204 Å². The topological polar surface area (TPSA) is 97.4 Å². The number of hydrogen-bond acceptors (Lipinski definition) is 7. The Morgan fingerprint density at radius 3 is 2.06 bits per heavy atom. The summed E-state index contributed by atoms with van der Waals surface area (Å²) in [7, 11) is 1.64. The van der Waals surface area contributed by atoms with E-state index >= 15 is 0 Å². The zero-order valence-electron chi connectivity index (χ0n) is 19.8. The molecule has 3 aromatic carbocycles. The third-order valence-corrected chi connectivity index (χ3v) is 5.04. The van der Waals surface area contributed by atoms with Crippen LogP contribution in [0.1, 0.15) is 23.0 Å². The molecule has 0 radical (unpaired) electrons. The average molecular weight is 470 g/mol. The van der Waals surface area contributed by atoms with Crippen LogP contribution in [-0.2, 0) is 0 Å². The van der Waals surface area contributed by atoms with Gasteiger partial charge in [-0.15, -0.1) is 0 Å². The van der Waals surface area contributed by atoms with Crippen molar-refractivity contribution >= 4 is 34.7 Å². The van der Waals surface area contributed by atoms with Crippen LogP contribution in [-0.4, -0.2) is 29.6 Å². The number of aryl methyl sites for hydroxylation is 1. The number of aromatic nitrogens is 2. The van der Waals surface area contributed by atoms with Gasteiger partial charge in [0.1, 0.15) is 17.3 Å². The van der Waals surface area contributed by atoms with Crippen molar-refractivity contribution in [3.8, 4) is 11.5 Å². The Hall–Kier alpha value is -4.59. The lowest BCUT2D eigenvalue weighted by Crippen LogP contribution is -2.11. The SMILES string of the molecule is CCOc1ccc(C(=O)Nc2ccc(Nc3nc(C)cc(Nc4ccc(OC)cc4)n3)cc2)cc1. The minimum absolute atomic E-state index is 0.190. The number of nitrogens with zero attached hydrogens (tertiary/aromatic N) is 2. The summed E-state index contributed by atoms with van der Waals surface area (Å²) in [6.45, 7) is 4.41. The highest BCUT2D eigenvalue weighted by Crippen LogP contribution is 2.22. The van der Waals surface area contributed by atoms with Crippen molar-refractivity contribution in [3.63, 3.8) is 0 Å². The van der Waals surface area contributed by atoms with Gasteiger partial charge in [0.05, 0.1) is 13.7 Å². The van der Waals surface area contributed by atoms with E-state index in [-0.39, 0.29) is 5.91 Å². The first-order valence-electron chi connectivity index (χ1n) is 11.2. The summed E-state index contributed by atoms with van der Waals surface area (Å²) in [5, 5.41) is 9.38. The highest BCUT2D eigenvalue weighted by atomic mass is 16.5. The Bertz CT molecular complexity index is 1270. The van der Waals surface area contributed by atoms with E-state index in [4.69, 9.17) is 9.47 Å². The van der Waals surface area contributed by atoms with Crippen LogP contribution in [0.15, 0.2) is 78.9 Å². The molecule has 0 saturated heterocycles. The summed E-state index contributed by atoms with van der Waals surface area (Å²) in [6.07, 6.45) is 0. The standard InChI is InChI=1S/C27H27N5O3/c1-4-35-24-13-5-19(6-14-24)26(33)30-21-7-9-22(10-8-21)31-27-28-18(2)17-25(32-27)29-20-11-15-23(34-3)16-12-20/h5-17H,4H2,1-3H3,(H,30,33)(H2,28,29,31,32). The summed E-state index contributed by atoms with van der Waals surface area (Å²) in [5.74, 6) is 2.47. The average Bonchev–Trinajstić information content (AvgIpc) is 2.86. The molecule has 1 amide bonds. The summed E-state index contributed by atoms with van der Waals surface area (Å²) < 4.78 is 10.6. The fourth-order valence-electron chi connectivity index (χ4n) is 3.35. The van der Waals surface area contributed by atoms with E-state index in [1.54, 1.807) is 31.4 Å². The van der Waals surface area contributed by atoms with Gasteiger partial charge in [0.15, 0.2) is 0 Å². The number of ether oxygens (including phenoxy) is 2. The number of amides is 1. The number of nitrogens with one attached hydrogen (secondary N) is 3. The van der Waals surface area contributed by atoms with Gasteiger partial charge in [0.25, 0.3) is 5.91 Å². The number of hydrogen-bond donors (Lipinski definition) is 3. The first-order valence-corrected chi connectivity index (χ1v) is 11.2. The minimum atomic E-state index is -0.190. The molecule has 35 heavy (non-hydrogen) atoms. The molecule has 4 aromatic rings. The molecule has 1 heterocycles. The molecule has 8 nitrogen and oxygen atoms in total. The zero-order chi connectivity index (χ0) is 24.6. The Balaban J connectivity index is 1.39. The van der Waals surface area contributed by atoms with E-state index in [0.717, 1.165) is 28.6 Å². The molecule has 0 saturated carbocycles. The Morgan fingerprint density at radius 2 is 1.40 bits per heavy atom. The quantitative estimate of drug-likeness (QED) is 0.279. The van der Waals surface area contributed by atoms with Gasteiger partial charge in [-0.25, -0.2) is 4.98 Å². The van der Waals surface area contributed by atoms with Crippen LogP contribution in [0.4, 0.5) is 28.8 Å². The van der Waals surface area contributed by atoms with E-state index < -0.39 is 0 Å². The maximum atomic E-state index is 12.5. The summed E-state index contributed by atoms with van der Waals surface area (Å²) in [6, 6.07) is 23.9. The number of methoxy groups -OCH3 is 1. The fraction of sp³-hybridized carbons (Fsp3) is 0.148. The highest BCUT2D eigenvalue weighted by molar-refractivity contribution is 6.04. The molecule has 0 aliphatic carbocycles. The van der Waals surface area contributed by atoms with Gasteiger partial charge in [-0.1, -0.05) is 0 Å². The Morgan fingerprint density at radius 1 is 0.800 bits per heavy atom. The second-order valence-electron chi connectivity index (χ2n) is 7.69. The van der Waals surface area contributed by atoms with E-state index in [0.29, 0.717) is 29.6 Å².